The predicted molar refractivity (Wildman–Crippen MR) is 44.9 cm³/mol. The van der Waals surface area contributed by atoms with Gasteiger partial charge in [0.1, 0.15) is 0 Å². The Bertz CT molecular complexity index is 262. The molecule has 1 unspecified atom stereocenters. The maximum Gasteiger partial charge on any atom is 0.332 e. The number of ether oxygens (including phenoxy) is 1. The van der Waals surface area contributed by atoms with Crippen molar-refractivity contribution in [3.8, 4) is 0 Å². The largest absolute Gasteiger partial charge is 0.465 e. The lowest BCUT2D eigenvalue weighted by Crippen LogP contribution is -2.27. The molecule has 0 aromatic rings. The molecule has 1 heterocycles. The van der Waals surface area contributed by atoms with Gasteiger partial charge in [0.2, 0.25) is 0 Å². The fourth-order valence-corrected chi connectivity index (χ4v) is 1.10. The van der Waals surface area contributed by atoms with Crippen molar-refractivity contribution in [2.75, 3.05) is 6.61 Å². The van der Waals surface area contributed by atoms with Crippen LogP contribution in [0.25, 0.3) is 0 Å². The third-order valence-electron chi connectivity index (χ3n) is 1.78. The van der Waals surface area contributed by atoms with Gasteiger partial charge in [-0.25, -0.2) is 10.2 Å². The van der Waals surface area contributed by atoms with Crippen LogP contribution in [-0.4, -0.2) is 24.3 Å². The number of rotatable bonds is 2. The first-order valence-electron chi connectivity index (χ1n) is 3.87. The number of cyclic esters (lactones) is 1. The summed E-state index contributed by atoms with van der Waals surface area (Å²) < 4.78 is 4.73. The van der Waals surface area contributed by atoms with Gasteiger partial charge >= 0.3 is 12.0 Å². The summed E-state index contributed by atoms with van der Waals surface area (Å²) in [6.45, 7) is 2.06. The van der Waals surface area contributed by atoms with E-state index in [9.17, 15) is 9.59 Å². The molecule has 72 valence electrons. The Labute approximate surface area is 75.1 Å². The first-order valence-corrected chi connectivity index (χ1v) is 3.87. The maximum atomic E-state index is 11.0. The molecule has 3 N–H and O–H groups in total. The van der Waals surface area contributed by atoms with Gasteiger partial charge in [0.05, 0.1) is 12.5 Å². The van der Waals surface area contributed by atoms with Gasteiger partial charge < -0.3 is 10.5 Å². The summed E-state index contributed by atoms with van der Waals surface area (Å²) in [7, 11) is 0. The SMILES string of the molecule is CC(=NNC(N)=O)C1CCOC1=O. The number of urea groups is 1. The normalized spacial score (nSPS) is 22.7. The van der Waals surface area contributed by atoms with Gasteiger partial charge in [-0.2, -0.15) is 5.10 Å². The summed E-state index contributed by atoms with van der Waals surface area (Å²) in [6, 6.07) is -0.745. The van der Waals surface area contributed by atoms with Crippen LogP contribution in [0.2, 0.25) is 0 Å². The van der Waals surface area contributed by atoms with Gasteiger partial charge in [0.25, 0.3) is 0 Å². The van der Waals surface area contributed by atoms with Gasteiger partial charge in [0.15, 0.2) is 0 Å². The standard InChI is InChI=1S/C7H11N3O3/c1-4(9-10-7(8)12)5-2-3-13-6(5)11/h5H,2-3H2,1H3,(H3,8,10,12). The fourth-order valence-electron chi connectivity index (χ4n) is 1.10. The van der Waals surface area contributed by atoms with Gasteiger partial charge in [-0.1, -0.05) is 0 Å². The minimum absolute atomic E-state index is 0.299. The van der Waals surface area contributed by atoms with E-state index in [-0.39, 0.29) is 11.9 Å². The van der Waals surface area contributed by atoms with E-state index in [1.165, 1.54) is 0 Å². The zero-order valence-electron chi connectivity index (χ0n) is 7.24. The van der Waals surface area contributed by atoms with E-state index in [1.54, 1.807) is 6.92 Å². The number of hydrogen-bond donors (Lipinski definition) is 2. The summed E-state index contributed by atoms with van der Waals surface area (Å²) >= 11 is 0. The van der Waals surface area contributed by atoms with Gasteiger partial charge in [0, 0.05) is 12.1 Å². The molecule has 1 atom stereocenters. The van der Waals surface area contributed by atoms with Crippen molar-refractivity contribution in [3.05, 3.63) is 0 Å². The molecule has 0 aromatic heterocycles. The molecule has 1 aliphatic rings. The molecule has 0 bridgehead atoms. The van der Waals surface area contributed by atoms with E-state index < -0.39 is 6.03 Å². The highest BCUT2D eigenvalue weighted by Gasteiger charge is 2.29. The zero-order valence-corrected chi connectivity index (χ0v) is 7.24. The number of carbonyl (C=O) groups is 2. The van der Waals surface area contributed by atoms with Crippen LogP contribution in [0.5, 0.6) is 0 Å². The molecule has 1 fully saturated rings. The first-order chi connectivity index (χ1) is 6.11. The highest BCUT2D eigenvalue weighted by Crippen LogP contribution is 2.15. The molecular formula is C7H11N3O3. The summed E-state index contributed by atoms with van der Waals surface area (Å²) in [5, 5.41) is 3.65. The monoisotopic (exact) mass is 185 g/mol. The summed E-state index contributed by atoms with van der Waals surface area (Å²) in [4.78, 5) is 21.3. The lowest BCUT2D eigenvalue weighted by atomic mass is 10.0. The fraction of sp³-hybridized carbons (Fsp3) is 0.571. The van der Waals surface area contributed by atoms with Crippen LogP contribution >= 0.6 is 0 Å². The summed E-state index contributed by atoms with van der Waals surface area (Å²) in [6.07, 6.45) is 0.606. The van der Waals surface area contributed by atoms with Crippen molar-refractivity contribution in [3.63, 3.8) is 0 Å². The van der Waals surface area contributed by atoms with Gasteiger partial charge in [-0.15, -0.1) is 0 Å². The molecule has 0 radical (unpaired) electrons. The van der Waals surface area contributed by atoms with Crippen molar-refractivity contribution in [2.45, 2.75) is 13.3 Å². The second kappa shape index (κ2) is 3.88. The molecule has 13 heavy (non-hydrogen) atoms. The Morgan fingerprint density at radius 2 is 2.46 bits per heavy atom. The van der Waals surface area contributed by atoms with Crippen molar-refractivity contribution < 1.29 is 14.3 Å². The Morgan fingerprint density at radius 1 is 1.77 bits per heavy atom. The molecule has 1 aliphatic heterocycles. The van der Waals surface area contributed by atoms with E-state index >= 15 is 0 Å². The molecule has 0 spiro atoms. The molecule has 6 nitrogen and oxygen atoms in total. The number of carbonyl (C=O) groups excluding carboxylic acids is 2. The van der Waals surface area contributed by atoms with Crippen molar-refractivity contribution >= 4 is 17.7 Å². The number of hydrogen-bond acceptors (Lipinski definition) is 4. The van der Waals surface area contributed by atoms with E-state index in [1.807, 2.05) is 0 Å². The quantitative estimate of drug-likeness (QED) is 0.348. The highest BCUT2D eigenvalue weighted by molar-refractivity contribution is 6.02. The van der Waals surface area contributed by atoms with Gasteiger partial charge in [-0.3, -0.25) is 4.79 Å². The number of primary amides is 1. The summed E-state index contributed by atoms with van der Waals surface area (Å²) in [5.74, 6) is -0.639. The van der Waals surface area contributed by atoms with E-state index in [0.29, 0.717) is 18.7 Å². The number of amides is 2. The molecule has 0 aromatic carbocycles. The van der Waals surface area contributed by atoms with Crippen LogP contribution in [0.15, 0.2) is 5.10 Å². The second-order valence-corrected chi connectivity index (χ2v) is 2.74. The van der Waals surface area contributed by atoms with Crippen LogP contribution in [0, 0.1) is 5.92 Å². The zero-order chi connectivity index (χ0) is 9.84. The summed E-state index contributed by atoms with van der Waals surface area (Å²) in [5.41, 5.74) is 7.38. The molecule has 2 amide bonds. The Kier molecular flexibility index (Phi) is 2.84. The van der Waals surface area contributed by atoms with Crippen molar-refractivity contribution in [1.29, 1.82) is 0 Å². The molecule has 0 aliphatic carbocycles. The minimum atomic E-state index is -0.745. The Hall–Kier alpha value is -1.59. The topological polar surface area (TPSA) is 93.8 Å². The molecule has 1 rings (SSSR count). The number of esters is 1. The van der Waals surface area contributed by atoms with Crippen LogP contribution in [0.1, 0.15) is 13.3 Å². The van der Waals surface area contributed by atoms with Gasteiger partial charge in [-0.05, 0) is 6.92 Å². The lowest BCUT2D eigenvalue weighted by Gasteiger charge is -2.03. The first kappa shape index (κ1) is 9.50. The van der Waals surface area contributed by atoms with Crippen LogP contribution < -0.4 is 11.2 Å². The Balaban J connectivity index is 2.55. The average molecular weight is 185 g/mol. The number of nitrogens with two attached hydrogens (primary N) is 1. The second-order valence-electron chi connectivity index (χ2n) is 2.74. The molecular weight excluding hydrogens is 174 g/mol. The van der Waals surface area contributed by atoms with Crippen LogP contribution in [0.4, 0.5) is 4.79 Å². The van der Waals surface area contributed by atoms with Crippen LogP contribution in [0.3, 0.4) is 0 Å². The number of hydrazone groups is 1. The lowest BCUT2D eigenvalue weighted by molar-refractivity contribution is -0.139. The third kappa shape index (κ3) is 2.43. The molecule has 6 heteroatoms. The Morgan fingerprint density at radius 3 is 2.92 bits per heavy atom. The average Bonchev–Trinajstić information content (AvgIpc) is 2.47. The molecule has 0 saturated carbocycles. The minimum Gasteiger partial charge on any atom is -0.465 e. The van der Waals surface area contributed by atoms with E-state index in [2.05, 4.69) is 10.5 Å². The van der Waals surface area contributed by atoms with Crippen LogP contribution in [-0.2, 0) is 9.53 Å². The smallest absolute Gasteiger partial charge is 0.332 e. The molecule has 1 saturated heterocycles. The number of nitrogens with one attached hydrogen (secondary N) is 1. The van der Waals surface area contributed by atoms with Crippen molar-refractivity contribution in [2.24, 2.45) is 16.8 Å². The highest BCUT2D eigenvalue weighted by atomic mass is 16.5. The van der Waals surface area contributed by atoms with E-state index in [0.717, 1.165) is 0 Å². The third-order valence-corrected chi connectivity index (χ3v) is 1.78. The van der Waals surface area contributed by atoms with E-state index in [4.69, 9.17) is 10.5 Å². The number of nitrogens with zero attached hydrogens (tertiary/aromatic N) is 1. The maximum absolute atomic E-state index is 11.0. The predicted octanol–water partition coefficient (Wildman–Crippen LogP) is -0.406. The van der Waals surface area contributed by atoms with Crippen molar-refractivity contribution in [1.82, 2.24) is 5.43 Å².